The maximum Gasteiger partial charge on any atom is 0.303 e. The van der Waals surface area contributed by atoms with Gasteiger partial charge in [-0.25, -0.2) is 4.68 Å². The van der Waals surface area contributed by atoms with Gasteiger partial charge >= 0.3 is 11.9 Å². The molecule has 1 N–H and O–H groups in total. The fourth-order valence-corrected chi connectivity index (χ4v) is 12.4. The number of carbonyl (C=O) groups excluding carboxylic acids is 2. The molecule has 7 aliphatic rings. The Balaban J connectivity index is 1.03. The van der Waals surface area contributed by atoms with E-state index in [1.54, 1.807) is 10.3 Å². The van der Waals surface area contributed by atoms with Crippen molar-refractivity contribution < 1.29 is 33.6 Å². The van der Waals surface area contributed by atoms with Gasteiger partial charge in [0.1, 0.15) is 6.10 Å². The first-order valence-corrected chi connectivity index (χ1v) is 20.1. The van der Waals surface area contributed by atoms with Crippen molar-refractivity contribution in [3.8, 4) is 0 Å². The number of aromatic nitrogens is 3. The van der Waals surface area contributed by atoms with Gasteiger partial charge < -0.3 is 24.1 Å². The molecule has 0 aromatic carbocycles. The molecule has 15 atom stereocenters. The average molecular weight is 721 g/mol. The minimum absolute atomic E-state index is 0.150. The van der Waals surface area contributed by atoms with E-state index in [4.69, 9.17) is 18.9 Å². The normalized spacial score (nSPS) is 45.9. The van der Waals surface area contributed by atoms with Crippen molar-refractivity contribution >= 4 is 11.9 Å². The van der Waals surface area contributed by atoms with Crippen LogP contribution in [0.5, 0.6) is 0 Å². The Morgan fingerprint density at radius 1 is 1.06 bits per heavy atom. The molecular formula is C41H60N4O7. The molecule has 2 saturated carbocycles. The third-order valence-corrected chi connectivity index (χ3v) is 15.1. The summed E-state index contributed by atoms with van der Waals surface area (Å²) in [6.45, 7) is 17.8. The minimum Gasteiger partial charge on any atom is -0.458 e. The third kappa shape index (κ3) is 5.82. The van der Waals surface area contributed by atoms with Gasteiger partial charge in [0.25, 0.3) is 0 Å². The van der Waals surface area contributed by atoms with Gasteiger partial charge in [0.15, 0.2) is 12.3 Å². The van der Waals surface area contributed by atoms with Gasteiger partial charge in [-0.2, -0.15) is 0 Å². The summed E-state index contributed by atoms with van der Waals surface area (Å²) in [6, 6.07) is 0.261. The minimum atomic E-state index is -0.857. The Bertz CT molecular complexity index is 1640. The van der Waals surface area contributed by atoms with Gasteiger partial charge in [-0.1, -0.05) is 50.1 Å². The Kier molecular flexibility index (Phi) is 9.31. The molecule has 2 unspecified atom stereocenters. The molecule has 286 valence electrons. The molecule has 1 aromatic heterocycles. The van der Waals surface area contributed by atoms with E-state index in [9.17, 15) is 14.7 Å². The largest absolute Gasteiger partial charge is 0.458 e. The number of nitrogens with zero attached hydrogens (tertiary/aromatic N) is 4. The Morgan fingerprint density at radius 2 is 1.81 bits per heavy atom. The number of likely N-dealkylation sites (tertiary alicyclic amines) is 1. The Morgan fingerprint density at radius 3 is 2.56 bits per heavy atom. The zero-order chi connectivity index (χ0) is 36.9. The van der Waals surface area contributed by atoms with Crippen molar-refractivity contribution in [2.24, 2.45) is 40.9 Å². The van der Waals surface area contributed by atoms with E-state index < -0.39 is 30.4 Å². The standard InChI is InChI=1S/C41H60N4O7/c1-21-15-35-36(44(18-21)19-29-20-45(43-42-29)39-38(51-27(7)47)37(50-26(6)46)22(2)25(5)49-39)24(4)41(52-35)14-12-31-32-10-9-28-16-30(48)11-13-40(28,8)34(32)17-33(31)23(41)3/h9,20-22,24-25,30-32,34-39,48H,10-19H2,1-8H3/t21-,22+,24+,25?,30-,31-,32-,34-,35+,36-,37?,38-,39-,40-,41-/m0/s1. The highest BCUT2D eigenvalue weighted by molar-refractivity contribution is 5.67. The number of rotatable bonds is 5. The number of carbonyl (C=O) groups is 2. The Labute approximate surface area is 308 Å². The first-order chi connectivity index (χ1) is 24.7. The van der Waals surface area contributed by atoms with Crippen LogP contribution < -0.4 is 0 Å². The van der Waals surface area contributed by atoms with Crippen molar-refractivity contribution in [1.82, 2.24) is 19.9 Å². The van der Waals surface area contributed by atoms with Crippen LogP contribution in [0.1, 0.15) is 119 Å². The van der Waals surface area contributed by atoms with Crippen molar-refractivity contribution in [2.75, 3.05) is 6.54 Å². The molecule has 52 heavy (non-hydrogen) atoms. The van der Waals surface area contributed by atoms with E-state index >= 15 is 0 Å². The smallest absolute Gasteiger partial charge is 0.303 e. The molecule has 11 nitrogen and oxygen atoms in total. The van der Waals surface area contributed by atoms with E-state index in [0.29, 0.717) is 36.1 Å². The highest BCUT2D eigenvalue weighted by Crippen LogP contribution is 2.65. The quantitative estimate of drug-likeness (QED) is 0.290. The lowest BCUT2D eigenvalue weighted by atomic mass is 9.56. The summed E-state index contributed by atoms with van der Waals surface area (Å²) in [5, 5.41) is 19.6. The molecule has 11 heteroatoms. The van der Waals surface area contributed by atoms with E-state index in [-0.39, 0.29) is 41.3 Å². The maximum absolute atomic E-state index is 12.2. The monoisotopic (exact) mass is 720 g/mol. The average Bonchev–Trinajstić information content (AvgIpc) is 3.78. The highest BCUT2D eigenvalue weighted by Gasteiger charge is 2.62. The maximum atomic E-state index is 12.2. The van der Waals surface area contributed by atoms with E-state index in [1.807, 2.05) is 20.0 Å². The number of hydrogen-bond donors (Lipinski definition) is 1. The van der Waals surface area contributed by atoms with Crippen molar-refractivity contribution in [3.05, 3.63) is 34.7 Å². The first-order valence-electron chi connectivity index (χ1n) is 20.1. The Hall–Kier alpha value is -2.60. The van der Waals surface area contributed by atoms with Crippen LogP contribution in [0.4, 0.5) is 0 Å². The van der Waals surface area contributed by atoms with Gasteiger partial charge in [0.05, 0.1) is 35.8 Å². The highest BCUT2D eigenvalue weighted by atomic mass is 16.6. The number of esters is 2. The predicted molar refractivity (Wildman–Crippen MR) is 192 cm³/mol. The number of fused-ring (bicyclic) bond motifs is 6. The molecular weight excluding hydrogens is 660 g/mol. The van der Waals surface area contributed by atoms with E-state index in [1.165, 1.54) is 37.8 Å². The molecule has 3 saturated heterocycles. The molecule has 8 rings (SSSR count). The zero-order valence-corrected chi connectivity index (χ0v) is 32.4. The van der Waals surface area contributed by atoms with Crippen molar-refractivity contribution in [3.63, 3.8) is 0 Å². The molecule has 4 heterocycles. The fraction of sp³-hybridized carbons (Fsp3) is 0.805. The van der Waals surface area contributed by atoms with Crippen LogP contribution in [0.3, 0.4) is 0 Å². The second-order valence-electron chi connectivity index (χ2n) is 18.1. The van der Waals surface area contributed by atoms with Gasteiger partial charge in [-0.05, 0) is 99.9 Å². The summed E-state index contributed by atoms with van der Waals surface area (Å²) < 4.78 is 26.8. The molecule has 0 radical (unpaired) electrons. The molecule has 0 bridgehead atoms. The molecule has 1 spiro atoms. The van der Waals surface area contributed by atoms with E-state index in [0.717, 1.165) is 50.8 Å². The fourth-order valence-electron chi connectivity index (χ4n) is 12.4. The lowest BCUT2D eigenvalue weighted by molar-refractivity contribution is -0.241. The van der Waals surface area contributed by atoms with Crippen LogP contribution in [0, 0.1) is 40.9 Å². The molecule has 3 aliphatic heterocycles. The van der Waals surface area contributed by atoms with Crippen molar-refractivity contribution in [1.29, 1.82) is 0 Å². The van der Waals surface area contributed by atoms with Crippen LogP contribution in [-0.2, 0) is 35.1 Å². The van der Waals surface area contributed by atoms with Crippen LogP contribution >= 0.6 is 0 Å². The molecule has 4 aliphatic carbocycles. The van der Waals surface area contributed by atoms with Crippen LogP contribution in [0.15, 0.2) is 29.0 Å². The van der Waals surface area contributed by atoms with Crippen molar-refractivity contribution in [2.45, 2.75) is 162 Å². The topological polar surface area (TPSA) is 125 Å². The van der Waals surface area contributed by atoms with Gasteiger partial charge in [0.2, 0.25) is 0 Å². The lowest BCUT2D eigenvalue weighted by Gasteiger charge is -2.49. The summed E-state index contributed by atoms with van der Waals surface area (Å²) in [5.74, 6) is 1.71. The SMILES string of the molecule is CC(=O)OC1[C@H](C)C(C)O[C@H](n2cc(CN3C[C@@H](C)C[C@H]4O[C@]5(CC[C@@H]6C(=C5C)C[C@H]5[C@H]6CC=C6C[C@@H](O)CC[C@@]65C)[C@H](C)[C@@H]43)nn2)[C@H]1OC(C)=O. The third-order valence-electron chi connectivity index (χ3n) is 15.1. The summed E-state index contributed by atoms with van der Waals surface area (Å²) >= 11 is 0. The number of aliphatic hydroxyl groups is 1. The summed E-state index contributed by atoms with van der Waals surface area (Å²) in [5.41, 5.74) is 5.48. The second-order valence-corrected chi connectivity index (χ2v) is 18.1. The van der Waals surface area contributed by atoms with E-state index in [2.05, 4.69) is 49.0 Å². The number of ether oxygens (including phenoxy) is 4. The van der Waals surface area contributed by atoms with Gasteiger partial charge in [-0.3, -0.25) is 14.5 Å². The first kappa shape index (κ1) is 36.4. The predicted octanol–water partition coefficient (Wildman–Crippen LogP) is 5.92. The molecule has 1 aromatic rings. The van der Waals surface area contributed by atoms with Crippen LogP contribution in [-0.4, -0.2) is 85.6 Å². The number of hydrogen-bond acceptors (Lipinski definition) is 10. The van der Waals surface area contributed by atoms with Gasteiger partial charge in [0, 0.05) is 44.8 Å². The summed E-state index contributed by atoms with van der Waals surface area (Å²) in [4.78, 5) is 26.8. The second kappa shape index (κ2) is 13.3. The van der Waals surface area contributed by atoms with Crippen LogP contribution in [0.25, 0.3) is 0 Å². The van der Waals surface area contributed by atoms with Crippen LogP contribution in [0.2, 0.25) is 0 Å². The number of piperidine rings is 1. The van der Waals surface area contributed by atoms with Gasteiger partial charge in [-0.15, -0.1) is 5.10 Å². The lowest BCUT2D eigenvalue weighted by Crippen LogP contribution is -2.53. The number of aliphatic hydroxyl groups excluding tert-OH is 1. The molecule has 0 amide bonds. The number of allylic oxidation sites excluding steroid dienone is 2. The molecule has 5 fully saturated rings. The summed E-state index contributed by atoms with van der Waals surface area (Å²) in [7, 11) is 0. The zero-order valence-electron chi connectivity index (χ0n) is 32.4. The summed E-state index contributed by atoms with van der Waals surface area (Å²) in [6.07, 6.45) is 10.3.